The van der Waals surface area contributed by atoms with Crippen molar-refractivity contribution in [3.05, 3.63) is 59.7 Å². The second-order valence-electron chi connectivity index (χ2n) is 6.40. The van der Waals surface area contributed by atoms with Crippen molar-refractivity contribution in [1.29, 1.82) is 0 Å². The van der Waals surface area contributed by atoms with E-state index in [1.807, 2.05) is 12.1 Å². The van der Waals surface area contributed by atoms with Crippen LogP contribution < -0.4 is 15.0 Å². The molecule has 0 bridgehead atoms. The Morgan fingerprint density at radius 3 is 2.61 bits per heavy atom. The van der Waals surface area contributed by atoms with Crippen LogP contribution in [-0.4, -0.2) is 38.0 Å². The van der Waals surface area contributed by atoms with E-state index in [-0.39, 0.29) is 12.5 Å². The van der Waals surface area contributed by atoms with Gasteiger partial charge in [0.15, 0.2) is 6.61 Å². The number of carbonyl (C=O) groups excluding carboxylic acids is 3. The van der Waals surface area contributed by atoms with Crippen molar-refractivity contribution in [2.24, 2.45) is 0 Å². The molecule has 1 aliphatic rings. The summed E-state index contributed by atoms with van der Waals surface area (Å²) in [6, 6.07) is 14.0. The molecule has 1 aliphatic heterocycles. The minimum atomic E-state index is -0.604. The van der Waals surface area contributed by atoms with Gasteiger partial charge in [-0.3, -0.25) is 9.59 Å². The largest absolute Gasteiger partial charge is 0.497 e. The first kappa shape index (κ1) is 19.4. The summed E-state index contributed by atoms with van der Waals surface area (Å²) in [7, 11) is 1.59. The number of methoxy groups -OCH3 is 1. The molecule has 3 rings (SSSR count). The molecular weight excluding hydrogens is 360 g/mol. The fourth-order valence-electron chi connectivity index (χ4n) is 2.93. The van der Waals surface area contributed by atoms with Crippen LogP contribution in [0.4, 0.5) is 5.69 Å². The van der Waals surface area contributed by atoms with Gasteiger partial charge in [-0.25, -0.2) is 4.79 Å². The molecule has 7 heteroatoms. The molecule has 146 valence electrons. The lowest BCUT2D eigenvalue weighted by atomic mass is 10.2. The Morgan fingerprint density at radius 2 is 1.93 bits per heavy atom. The highest BCUT2D eigenvalue weighted by Gasteiger charge is 2.22. The molecule has 28 heavy (non-hydrogen) atoms. The fraction of sp³-hybridized carbons (Fsp3) is 0.286. The Balaban J connectivity index is 1.49. The number of carbonyl (C=O) groups is 3. The van der Waals surface area contributed by atoms with E-state index < -0.39 is 11.9 Å². The summed E-state index contributed by atoms with van der Waals surface area (Å²) >= 11 is 0. The van der Waals surface area contributed by atoms with Gasteiger partial charge in [0.1, 0.15) is 5.75 Å². The summed E-state index contributed by atoms with van der Waals surface area (Å²) in [4.78, 5) is 37.6. The number of ether oxygens (including phenoxy) is 2. The Kier molecular flexibility index (Phi) is 6.26. The maximum atomic E-state index is 12.2. The standard InChI is InChI=1S/C21H22N2O5/c1-27-18-9-7-15(8-10-18)13-22-19(24)14-28-21(26)16-4-2-5-17(12-16)23-11-3-6-20(23)25/h2,4-5,7-10,12H,3,6,11,13-14H2,1H3,(H,22,24). The summed E-state index contributed by atoms with van der Waals surface area (Å²) < 4.78 is 10.2. The van der Waals surface area contributed by atoms with Gasteiger partial charge in [0.25, 0.3) is 5.91 Å². The molecule has 0 unspecified atom stereocenters. The smallest absolute Gasteiger partial charge is 0.338 e. The van der Waals surface area contributed by atoms with Crippen LogP contribution in [-0.2, 0) is 20.9 Å². The molecule has 0 spiro atoms. The van der Waals surface area contributed by atoms with E-state index in [1.54, 1.807) is 48.4 Å². The predicted molar refractivity (Wildman–Crippen MR) is 103 cm³/mol. The second kappa shape index (κ2) is 9.03. The molecule has 0 atom stereocenters. The van der Waals surface area contributed by atoms with E-state index in [0.717, 1.165) is 17.7 Å². The van der Waals surface area contributed by atoms with Gasteiger partial charge in [0.2, 0.25) is 5.91 Å². The lowest BCUT2D eigenvalue weighted by molar-refractivity contribution is -0.124. The lowest BCUT2D eigenvalue weighted by Gasteiger charge is -2.16. The maximum absolute atomic E-state index is 12.2. The molecule has 0 radical (unpaired) electrons. The van der Waals surface area contributed by atoms with E-state index in [9.17, 15) is 14.4 Å². The van der Waals surface area contributed by atoms with Crippen molar-refractivity contribution < 1.29 is 23.9 Å². The van der Waals surface area contributed by atoms with Gasteiger partial charge in [-0.1, -0.05) is 18.2 Å². The molecule has 1 fully saturated rings. The van der Waals surface area contributed by atoms with Crippen molar-refractivity contribution >= 4 is 23.5 Å². The predicted octanol–water partition coefficient (Wildman–Crippen LogP) is 2.30. The van der Waals surface area contributed by atoms with Crippen molar-refractivity contribution in [3.8, 4) is 5.75 Å². The lowest BCUT2D eigenvalue weighted by Crippen LogP contribution is -2.28. The summed E-state index contributed by atoms with van der Waals surface area (Å²) in [6.45, 7) is 0.597. The molecule has 2 amide bonds. The number of amides is 2. The first-order valence-electron chi connectivity index (χ1n) is 9.04. The minimum Gasteiger partial charge on any atom is -0.497 e. The van der Waals surface area contributed by atoms with Gasteiger partial charge in [0.05, 0.1) is 12.7 Å². The number of hydrogen-bond donors (Lipinski definition) is 1. The normalized spacial score (nSPS) is 13.3. The van der Waals surface area contributed by atoms with Gasteiger partial charge in [0, 0.05) is 25.2 Å². The third-order valence-electron chi connectivity index (χ3n) is 4.45. The summed E-state index contributed by atoms with van der Waals surface area (Å²) in [6.07, 6.45) is 1.32. The average molecular weight is 382 g/mol. The van der Waals surface area contributed by atoms with Gasteiger partial charge in [-0.15, -0.1) is 0 Å². The molecule has 1 heterocycles. The first-order valence-corrected chi connectivity index (χ1v) is 9.04. The molecule has 7 nitrogen and oxygen atoms in total. The molecular formula is C21H22N2O5. The number of hydrogen-bond acceptors (Lipinski definition) is 5. The molecule has 0 aliphatic carbocycles. The quantitative estimate of drug-likeness (QED) is 0.743. The third kappa shape index (κ3) is 4.88. The Labute approximate surface area is 163 Å². The van der Waals surface area contributed by atoms with E-state index in [4.69, 9.17) is 9.47 Å². The number of rotatable bonds is 7. The summed E-state index contributed by atoms with van der Waals surface area (Å²) in [5.74, 6) is -0.214. The topological polar surface area (TPSA) is 84.9 Å². The number of benzene rings is 2. The van der Waals surface area contributed by atoms with Gasteiger partial charge >= 0.3 is 5.97 Å². The Morgan fingerprint density at radius 1 is 1.14 bits per heavy atom. The van der Waals surface area contributed by atoms with Crippen LogP contribution in [0.2, 0.25) is 0 Å². The van der Waals surface area contributed by atoms with E-state index in [0.29, 0.717) is 30.8 Å². The molecule has 2 aromatic carbocycles. The zero-order valence-electron chi connectivity index (χ0n) is 15.6. The van der Waals surface area contributed by atoms with Crippen LogP contribution in [0.5, 0.6) is 5.75 Å². The van der Waals surface area contributed by atoms with Crippen LogP contribution in [0, 0.1) is 0 Å². The van der Waals surface area contributed by atoms with Crippen molar-refractivity contribution in [2.75, 3.05) is 25.2 Å². The van der Waals surface area contributed by atoms with E-state index in [1.165, 1.54) is 0 Å². The van der Waals surface area contributed by atoms with Crippen molar-refractivity contribution in [2.45, 2.75) is 19.4 Å². The van der Waals surface area contributed by atoms with Crippen LogP contribution in [0.3, 0.4) is 0 Å². The zero-order valence-corrected chi connectivity index (χ0v) is 15.6. The van der Waals surface area contributed by atoms with E-state index in [2.05, 4.69) is 5.32 Å². The zero-order chi connectivity index (χ0) is 19.9. The number of esters is 1. The summed E-state index contributed by atoms with van der Waals surface area (Å²) in [5.41, 5.74) is 1.88. The SMILES string of the molecule is COc1ccc(CNC(=O)COC(=O)c2cccc(N3CCCC3=O)c2)cc1. The Bertz CT molecular complexity index is 863. The van der Waals surface area contributed by atoms with E-state index >= 15 is 0 Å². The number of anilines is 1. The summed E-state index contributed by atoms with van der Waals surface area (Å²) in [5, 5.41) is 2.70. The van der Waals surface area contributed by atoms with Crippen LogP contribution in [0.1, 0.15) is 28.8 Å². The highest BCUT2D eigenvalue weighted by molar-refractivity contribution is 5.97. The maximum Gasteiger partial charge on any atom is 0.338 e. The highest BCUT2D eigenvalue weighted by Crippen LogP contribution is 2.22. The molecule has 2 aromatic rings. The second-order valence-corrected chi connectivity index (χ2v) is 6.40. The van der Waals surface area contributed by atoms with Crippen LogP contribution >= 0.6 is 0 Å². The molecule has 0 aromatic heterocycles. The molecule has 1 saturated heterocycles. The van der Waals surface area contributed by atoms with Gasteiger partial charge in [-0.2, -0.15) is 0 Å². The van der Waals surface area contributed by atoms with Crippen molar-refractivity contribution in [3.63, 3.8) is 0 Å². The highest BCUT2D eigenvalue weighted by atomic mass is 16.5. The first-order chi connectivity index (χ1) is 13.6. The minimum absolute atomic E-state index is 0.0448. The molecule has 0 saturated carbocycles. The van der Waals surface area contributed by atoms with Crippen LogP contribution in [0.25, 0.3) is 0 Å². The monoisotopic (exact) mass is 382 g/mol. The number of nitrogens with zero attached hydrogens (tertiary/aromatic N) is 1. The van der Waals surface area contributed by atoms with Gasteiger partial charge in [-0.05, 0) is 42.3 Å². The number of nitrogens with one attached hydrogen (secondary N) is 1. The molecule has 1 N–H and O–H groups in total. The average Bonchev–Trinajstić information content (AvgIpc) is 3.16. The van der Waals surface area contributed by atoms with Crippen molar-refractivity contribution in [1.82, 2.24) is 5.32 Å². The van der Waals surface area contributed by atoms with Gasteiger partial charge < -0.3 is 19.7 Å². The third-order valence-corrected chi connectivity index (χ3v) is 4.45. The Hall–Kier alpha value is -3.35. The fourth-order valence-corrected chi connectivity index (χ4v) is 2.93. The van der Waals surface area contributed by atoms with Crippen LogP contribution in [0.15, 0.2) is 48.5 Å².